The van der Waals surface area contributed by atoms with Crippen LogP contribution < -0.4 is 9.80 Å². The minimum absolute atomic E-state index is 0.845. The van der Waals surface area contributed by atoms with Gasteiger partial charge in [0.25, 0.3) is 0 Å². The molecule has 0 heterocycles. The van der Waals surface area contributed by atoms with Gasteiger partial charge in [-0.3, -0.25) is 0 Å². The lowest BCUT2D eigenvalue weighted by Crippen LogP contribution is -2.15. The molecular formula is C37H30N2. The third-order valence-corrected chi connectivity index (χ3v) is 6.88. The number of benzene rings is 5. The summed E-state index contributed by atoms with van der Waals surface area (Å²) < 4.78 is 0. The molecule has 0 fully saturated rings. The first-order chi connectivity index (χ1) is 19.4. The van der Waals surface area contributed by atoms with Gasteiger partial charge in [0.2, 0.25) is 0 Å². The molecule has 1 aliphatic carbocycles. The molecule has 0 radical (unpaired) electrons. The molecule has 0 N–H and O–H groups in total. The van der Waals surface area contributed by atoms with E-state index in [1.807, 2.05) is 0 Å². The lowest BCUT2D eigenvalue weighted by molar-refractivity contribution is 1.08. The zero-order chi connectivity index (χ0) is 26.3. The van der Waals surface area contributed by atoms with Crippen molar-refractivity contribution < 1.29 is 0 Å². The highest BCUT2D eigenvalue weighted by atomic mass is 15.1. The lowest BCUT2D eigenvalue weighted by Gasteiger charge is -2.27. The molecule has 0 saturated heterocycles. The molecule has 5 aromatic carbocycles. The topological polar surface area (TPSA) is 6.48 Å². The highest BCUT2D eigenvalue weighted by Crippen LogP contribution is 2.36. The monoisotopic (exact) mass is 502 g/mol. The third-order valence-electron chi connectivity index (χ3n) is 6.88. The quantitative estimate of drug-likeness (QED) is 0.218. The number of hydrogen-bond acceptors (Lipinski definition) is 2. The van der Waals surface area contributed by atoms with Gasteiger partial charge in [0, 0.05) is 40.6 Å². The Morgan fingerprint density at radius 3 is 1.26 bits per heavy atom. The van der Waals surface area contributed by atoms with Gasteiger partial charge in [-0.05, 0) is 77.9 Å². The molecule has 39 heavy (non-hydrogen) atoms. The third kappa shape index (κ3) is 5.46. The maximum atomic E-state index is 2.34. The van der Waals surface area contributed by atoms with Crippen molar-refractivity contribution in [1.29, 1.82) is 0 Å². The van der Waals surface area contributed by atoms with Gasteiger partial charge in [-0.2, -0.15) is 0 Å². The van der Waals surface area contributed by atoms with Crippen molar-refractivity contribution in [3.05, 3.63) is 181 Å². The molecule has 5 aromatic rings. The molecule has 0 saturated carbocycles. The van der Waals surface area contributed by atoms with E-state index in [4.69, 9.17) is 0 Å². The summed E-state index contributed by atoms with van der Waals surface area (Å²) in [5.74, 6) is 0. The second kappa shape index (κ2) is 11.5. The average Bonchev–Trinajstić information content (AvgIpc) is 3.26. The van der Waals surface area contributed by atoms with Crippen LogP contribution in [0, 0.1) is 0 Å². The maximum absolute atomic E-state index is 2.34. The largest absolute Gasteiger partial charge is 0.314 e. The fourth-order valence-electron chi connectivity index (χ4n) is 5.01. The van der Waals surface area contributed by atoms with Gasteiger partial charge in [0.05, 0.1) is 0 Å². The summed E-state index contributed by atoms with van der Waals surface area (Å²) in [4.78, 5) is 4.63. The Morgan fingerprint density at radius 2 is 0.795 bits per heavy atom. The van der Waals surface area contributed by atoms with E-state index in [2.05, 4.69) is 180 Å². The van der Waals surface area contributed by atoms with Crippen LogP contribution in [-0.4, -0.2) is 0 Å². The first-order valence-corrected chi connectivity index (χ1v) is 13.4. The van der Waals surface area contributed by atoms with Crippen LogP contribution >= 0.6 is 0 Å². The molecule has 6 rings (SSSR count). The Balaban J connectivity index is 1.33. The van der Waals surface area contributed by atoms with Crippen molar-refractivity contribution in [3.8, 4) is 0 Å². The molecule has 1 aliphatic rings. The summed E-state index contributed by atoms with van der Waals surface area (Å²) >= 11 is 0. The van der Waals surface area contributed by atoms with Gasteiger partial charge in [-0.15, -0.1) is 0 Å². The molecule has 0 spiro atoms. The van der Waals surface area contributed by atoms with Crippen LogP contribution in [0.5, 0.6) is 0 Å². The van der Waals surface area contributed by atoms with Gasteiger partial charge >= 0.3 is 0 Å². The van der Waals surface area contributed by atoms with E-state index >= 15 is 0 Å². The van der Waals surface area contributed by atoms with Crippen molar-refractivity contribution in [2.75, 3.05) is 9.80 Å². The Bertz CT molecular complexity index is 1510. The molecule has 188 valence electrons. The van der Waals surface area contributed by atoms with Crippen molar-refractivity contribution in [3.63, 3.8) is 0 Å². The van der Waals surface area contributed by atoms with Gasteiger partial charge in [0.1, 0.15) is 0 Å². The molecule has 2 nitrogen and oxygen atoms in total. The summed E-state index contributed by atoms with van der Waals surface area (Å²) in [6, 6.07) is 51.0. The van der Waals surface area contributed by atoms with E-state index in [-0.39, 0.29) is 0 Å². The van der Waals surface area contributed by atoms with Gasteiger partial charge in [-0.1, -0.05) is 103 Å². The van der Waals surface area contributed by atoms with Crippen LogP contribution in [0.2, 0.25) is 0 Å². The van der Waals surface area contributed by atoms with Gasteiger partial charge in [-0.25, -0.2) is 0 Å². The number of allylic oxidation sites excluding steroid dienone is 5. The Kier molecular flexibility index (Phi) is 7.18. The second-order valence-electron chi connectivity index (χ2n) is 9.45. The maximum Gasteiger partial charge on any atom is 0.0462 e. The van der Waals surface area contributed by atoms with Crippen molar-refractivity contribution >= 4 is 34.0 Å². The van der Waals surface area contributed by atoms with Crippen molar-refractivity contribution in [1.82, 2.24) is 0 Å². The van der Waals surface area contributed by atoms with E-state index in [0.29, 0.717) is 0 Å². The standard InChI is InChI=1S/C37H30N2/c1-5-15-32(16-6-1)38(33-17-7-2-8-18-33)36-23-13-14-30(24-27-36)31-25-28-37(29-26-31)39(34-19-9-3-10-20-34)35-21-11-4-12-22-35/h1-22,24-29H,23H2. The number of rotatable bonds is 7. The second-order valence-corrected chi connectivity index (χ2v) is 9.45. The fourth-order valence-corrected chi connectivity index (χ4v) is 5.01. The van der Waals surface area contributed by atoms with E-state index in [0.717, 1.165) is 34.9 Å². The summed E-state index contributed by atoms with van der Waals surface area (Å²) in [5, 5.41) is 0. The lowest BCUT2D eigenvalue weighted by atomic mass is 10.0. The molecule has 0 bridgehead atoms. The molecule has 0 atom stereocenters. The number of hydrogen-bond donors (Lipinski definition) is 0. The molecule has 0 aliphatic heterocycles. The molecular weight excluding hydrogens is 472 g/mol. The molecule has 0 unspecified atom stereocenters. The minimum atomic E-state index is 0.845. The molecule has 2 heteroatoms. The Morgan fingerprint density at radius 1 is 0.385 bits per heavy atom. The van der Waals surface area contributed by atoms with Crippen LogP contribution in [0.15, 0.2) is 176 Å². The summed E-state index contributed by atoms with van der Waals surface area (Å²) in [7, 11) is 0. The van der Waals surface area contributed by atoms with E-state index < -0.39 is 0 Å². The summed E-state index contributed by atoms with van der Waals surface area (Å²) in [6.07, 6.45) is 9.83. The predicted octanol–water partition coefficient (Wildman–Crippen LogP) is 10.2. The number of anilines is 5. The number of para-hydroxylation sites is 4. The summed E-state index contributed by atoms with van der Waals surface area (Å²) in [6.45, 7) is 0. The first kappa shape index (κ1) is 24.3. The van der Waals surface area contributed by atoms with E-state index in [1.165, 1.54) is 16.8 Å². The van der Waals surface area contributed by atoms with Crippen LogP contribution in [-0.2, 0) is 0 Å². The zero-order valence-electron chi connectivity index (χ0n) is 21.8. The molecule has 0 amide bonds. The van der Waals surface area contributed by atoms with Crippen molar-refractivity contribution in [2.24, 2.45) is 0 Å². The van der Waals surface area contributed by atoms with Crippen LogP contribution in [0.4, 0.5) is 28.4 Å². The molecule has 0 aromatic heterocycles. The predicted molar refractivity (Wildman–Crippen MR) is 166 cm³/mol. The normalized spacial score (nSPS) is 12.7. The Hall–Kier alpha value is -5.08. The average molecular weight is 503 g/mol. The first-order valence-electron chi connectivity index (χ1n) is 13.4. The SMILES string of the molecule is C1=CC(c2ccc(N(c3ccccc3)c3ccccc3)cc2)=CC=C(N(c2ccccc2)c2ccccc2)C1. The smallest absolute Gasteiger partial charge is 0.0462 e. The number of nitrogens with zero attached hydrogens (tertiary/aromatic N) is 2. The zero-order valence-corrected chi connectivity index (χ0v) is 21.8. The van der Waals surface area contributed by atoms with Crippen molar-refractivity contribution in [2.45, 2.75) is 6.42 Å². The van der Waals surface area contributed by atoms with E-state index in [9.17, 15) is 0 Å². The highest BCUT2D eigenvalue weighted by Gasteiger charge is 2.15. The van der Waals surface area contributed by atoms with Gasteiger partial charge < -0.3 is 9.80 Å². The minimum Gasteiger partial charge on any atom is -0.314 e. The van der Waals surface area contributed by atoms with Crippen LogP contribution in [0.1, 0.15) is 12.0 Å². The van der Waals surface area contributed by atoms with Crippen LogP contribution in [0.25, 0.3) is 5.57 Å². The fraction of sp³-hybridized carbons (Fsp3) is 0.0270. The summed E-state index contributed by atoms with van der Waals surface area (Å²) in [5.41, 5.74) is 9.35. The Labute approximate surface area is 231 Å². The van der Waals surface area contributed by atoms with Gasteiger partial charge in [0.15, 0.2) is 0 Å². The highest BCUT2D eigenvalue weighted by molar-refractivity contribution is 5.81. The van der Waals surface area contributed by atoms with Crippen LogP contribution in [0.3, 0.4) is 0 Å². The van der Waals surface area contributed by atoms with E-state index in [1.54, 1.807) is 0 Å².